The molecular formula is C5H12NOS. The largest absolute Gasteiger partial charge is 0.345 e. The molecule has 1 rings (SSSR count). The van der Waals surface area contributed by atoms with Gasteiger partial charge in [-0.1, -0.05) is 0 Å². The van der Waals surface area contributed by atoms with E-state index in [1.807, 2.05) is 0 Å². The smallest absolute Gasteiger partial charge is 0.00527 e. The van der Waals surface area contributed by atoms with Crippen LogP contribution in [0.3, 0.4) is 0 Å². The highest BCUT2D eigenvalue weighted by atomic mass is 32.3. The van der Waals surface area contributed by atoms with Crippen LogP contribution in [-0.2, 0) is 10.1 Å². The average Bonchev–Trinajstić information content (AvgIpc) is 1.65. The normalized spacial score (nSPS) is 31.6. The van der Waals surface area contributed by atoms with E-state index in [-0.39, 0.29) is 0 Å². The van der Waals surface area contributed by atoms with Gasteiger partial charge in [0.25, 0.3) is 0 Å². The second-order valence-corrected chi connectivity index (χ2v) is 4.98. The zero-order valence-corrected chi connectivity index (χ0v) is 5.69. The Balaban J connectivity index is 2.45. The molecule has 2 N–H and O–H groups in total. The van der Waals surface area contributed by atoms with Gasteiger partial charge in [0.15, 0.2) is 0 Å². The molecular weight excluding hydrogens is 122 g/mol. The maximum Gasteiger partial charge on any atom is 0.00527 e. The van der Waals surface area contributed by atoms with Gasteiger partial charge < -0.3 is 4.55 Å². The number of thiol groups is 1. The lowest BCUT2D eigenvalue weighted by Crippen LogP contribution is -2.22. The number of rotatable bonds is 0. The summed E-state index contributed by atoms with van der Waals surface area (Å²) in [5.74, 6) is 1.46. The fourth-order valence-electron chi connectivity index (χ4n) is 0.866. The van der Waals surface area contributed by atoms with Gasteiger partial charge in [0.1, 0.15) is 0 Å². The third-order valence-electron chi connectivity index (χ3n) is 1.41. The molecule has 0 aromatic carbocycles. The van der Waals surface area contributed by atoms with Gasteiger partial charge in [-0.15, -0.1) is 10.1 Å². The Morgan fingerprint density at radius 1 is 1.38 bits per heavy atom. The summed E-state index contributed by atoms with van der Waals surface area (Å²) >= 11 is 0. The van der Waals surface area contributed by atoms with Gasteiger partial charge in [0.2, 0.25) is 0 Å². The minimum atomic E-state index is -2.12. The Morgan fingerprint density at radius 2 is 1.88 bits per heavy atom. The average molecular weight is 134 g/mol. The molecule has 0 saturated carbocycles. The van der Waals surface area contributed by atoms with Crippen LogP contribution in [0, 0.1) is 11.2 Å². The maximum absolute atomic E-state index is 9.13. The summed E-state index contributed by atoms with van der Waals surface area (Å²) in [5, 5.41) is 0. The first-order valence-electron chi connectivity index (χ1n) is 2.87. The Hall–Kier alpha value is 0.110. The lowest BCUT2D eigenvalue weighted by molar-refractivity contribution is 0.613. The monoisotopic (exact) mass is 134 g/mol. The fourth-order valence-corrected chi connectivity index (χ4v) is 2.31. The van der Waals surface area contributed by atoms with Crippen molar-refractivity contribution in [3.8, 4) is 0 Å². The molecule has 1 saturated heterocycles. The quantitative estimate of drug-likeness (QED) is 0.427. The molecule has 1 fully saturated rings. The van der Waals surface area contributed by atoms with E-state index in [1.54, 1.807) is 0 Å². The van der Waals surface area contributed by atoms with E-state index in [1.165, 1.54) is 0 Å². The minimum Gasteiger partial charge on any atom is -0.345 e. The Labute approximate surface area is 51.0 Å². The molecule has 0 atom stereocenters. The van der Waals surface area contributed by atoms with Crippen molar-refractivity contribution in [2.75, 3.05) is 11.5 Å². The predicted molar refractivity (Wildman–Crippen MR) is 37.4 cm³/mol. The van der Waals surface area contributed by atoms with E-state index in [2.05, 4.69) is 6.42 Å². The van der Waals surface area contributed by atoms with Crippen molar-refractivity contribution in [1.82, 2.24) is 0 Å². The summed E-state index contributed by atoms with van der Waals surface area (Å²) in [5.41, 5.74) is 0. The highest BCUT2D eigenvalue weighted by molar-refractivity contribution is 7.98. The first-order chi connectivity index (χ1) is 3.71. The van der Waals surface area contributed by atoms with Crippen molar-refractivity contribution >= 4 is 10.1 Å². The molecule has 1 aliphatic rings. The molecule has 1 radical (unpaired) electrons. The topological polar surface area (TPSA) is 44.1 Å². The van der Waals surface area contributed by atoms with Gasteiger partial charge in [-0.25, -0.2) is 0 Å². The van der Waals surface area contributed by atoms with Crippen molar-refractivity contribution in [2.24, 2.45) is 0 Å². The van der Waals surface area contributed by atoms with Crippen LogP contribution in [0.5, 0.6) is 0 Å². The minimum absolute atomic E-state index is 0.729. The molecule has 0 amide bonds. The number of hydrogen-bond donors (Lipinski definition) is 3. The highest BCUT2D eigenvalue weighted by Crippen LogP contribution is 2.14. The van der Waals surface area contributed by atoms with Gasteiger partial charge in [-0.3, -0.25) is 4.78 Å². The summed E-state index contributed by atoms with van der Waals surface area (Å²) in [4.78, 5) is 0. The Morgan fingerprint density at radius 3 is 2.12 bits per heavy atom. The van der Waals surface area contributed by atoms with Crippen LogP contribution in [0.25, 0.3) is 0 Å². The molecule has 2 nitrogen and oxygen atoms in total. The highest BCUT2D eigenvalue weighted by Gasteiger charge is 2.10. The lowest BCUT2D eigenvalue weighted by atomic mass is 10.3. The van der Waals surface area contributed by atoms with Crippen molar-refractivity contribution in [3.05, 3.63) is 6.42 Å². The summed E-state index contributed by atoms with van der Waals surface area (Å²) in [7, 11) is -2.12. The van der Waals surface area contributed by atoms with Crippen LogP contribution in [-0.4, -0.2) is 16.1 Å². The molecule has 0 unspecified atom stereocenters. The molecule has 8 heavy (non-hydrogen) atoms. The summed E-state index contributed by atoms with van der Waals surface area (Å²) in [6, 6.07) is 0. The van der Waals surface area contributed by atoms with E-state index in [0.29, 0.717) is 0 Å². The molecule has 0 bridgehead atoms. The van der Waals surface area contributed by atoms with Crippen molar-refractivity contribution in [3.63, 3.8) is 0 Å². The summed E-state index contributed by atoms with van der Waals surface area (Å²) < 4.78 is 16.4. The van der Waals surface area contributed by atoms with Gasteiger partial charge in [-0.05, 0) is 19.3 Å². The first kappa shape index (κ1) is 6.23. The second-order valence-electron chi connectivity index (χ2n) is 2.24. The van der Waals surface area contributed by atoms with Crippen LogP contribution in [0.1, 0.15) is 12.8 Å². The summed E-state index contributed by atoms with van der Waals surface area (Å²) in [6.07, 6.45) is 4.06. The molecule has 1 heterocycles. The zero-order chi connectivity index (χ0) is 6.04. The van der Waals surface area contributed by atoms with Crippen LogP contribution in [0.15, 0.2) is 0 Å². The van der Waals surface area contributed by atoms with Crippen LogP contribution in [0.2, 0.25) is 0 Å². The van der Waals surface area contributed by atoms with E-state index in [0.717, 1.165) is 24.3 Å². The molecule has 0 aromatic rings. The number of hydrogen-bond acceptors (Lipinski definition) is 1. The molecule has 0 aromatic heterocycles. The van der Waals surface area contributed by atoms with Crippen LogP contribution >= 0.6 is 0 Å². The van der Waals surface area contributed by atoms with Gasteiger partial charge in [0.05, 0.1) is 0 Å². The van der Waals surface area contributed by atoms with E-state index in [9.17, 15) is 0 Å². The Bertz CT molecular complexity index is 114. The molecule has 0 spiro atoms. The van der Waals surface area contributed by atoms with Crippen molar-refractivity contribution in [2.45, 2.75) is 12.8 Å². The van der Waals surface area contributed by atoms with Crippen LogP contribution < -0.4 is 0 Å². The summed E-state index contributed by atoms with van der Waals surface area (Å²) in [6.45, 7) is 0. The predicted octanol–water partition coefficient (Wildman–Crippen LogP) is 1.11. The van der Waals surface area contributed by atoms with Gasteiger partial charge >= 0.3 is 0 Å². The Kier molecular flexibility index (Phi) is 1.68. The standard InChI is InChI=1S/C5H12NOS/c6-8(7)4-2-1-3-5-8/h1,8H,2-5H2,(H2,6,7). The second kappa shape index (κ2) is 2.15. The van der Waals surface area contributed by atoms with E-state index < -0.39 is 10.1 Å². The third-order valence-corrected chi connectivity index (χ3v) is 3.40. The molecule has 0 aliphatic carbocycles. The fraction of sp³-hybridized carbons (Fsp3) is 0.800. The molecule has 3 heteroatoms. The molecule has 1 aliphatic heterocycles. The van der Waals surface area contributed by atoms with Crippen molar-refractivity contribution < 1.29 is 4.55 Å². The molecule has 49 valence electrons. The number of nitrogens with one attached hydrogen (secondary N) is 1. The lowest BCUT2D eigenvalue weighted by Gasteiger charge is -2.24. The maximum atomic E-state index is 9.13. The van der Waals surface area contributed by atoms with Gasteiger partial charge in [0, 0.05) is 11.5 Å². The first-order valence-corrected chi connectivity index (χ1v) is 4.98. The van der Waals surface area contributed by atoms with Gasteiger partial charge in [-0.2, -0.15) is 0 Å². The van der Waals surface area contributed by atoms with E-state index in [4.69, 9.17) is 9.33 Å². The zero-order valence-electron chi connectivity index (χ0n) is 4.80. The van der Waals surface area contributed by atoms with Crippen LogP contribution in [0.4, 0.5) is 0 Å². The third kappa shape index (κ3) is 1.56. The van der Waals surface area contributed by atoms with E-state index >= 15 is 0 Å². The van der Waals surface area contributed by atoms with Crippen molar-refractivity contribution in [1.29, 1.82) is 4.78 Å². The SMILES string of the molecule is N=[SH]1(O)CC[CH]CC1.